The summed E-state index contributed by atoms with van der Waals surface area (Å²) in [6, 6.07) is 7.44. The molecule has 0 radical (unpaired) electrons. The third kappa shape index (κ3) is 2.81. The van der Waals surface area contributed by atoms with Gasteiger partial charge in [0, 0.05) is 5.75 Å². The van der Waals surface area contributed by atoms with Crippen molar-refractivity contribution < 1.29 is 14.7 Å². The molecule has 6 heteroatoms. The Morgan fingerprint density at radius 2 is 2.10 bits per heavy atom. The Kier molecular flexibility index (Phi) is 4.67. The normalized spacial score (nSPS) is 23.6. The lowest BCUT2D eigenvalue weighted by Gasteiger charge is -2.29. The van der Waals surface area contributed by atoms with Crippen LogP contribution in [0.4, 0.5) is 0 Å². The molecule has 1 saturated heterocycles. The van der Waals surface area contributed by atoms with Crippen molar-refractivity contribution >= 4 is 23.6 Å². The van der Waals surface area contributed by atoms with Gasteiger partial charge in [0.25, 0.3) is 0 Å². The number of carboxylic acids is 1. The highest BCUT2D eigenvalue weighted by atomic mass is 32.2. The second kappa shape index (κ2) is 6.28. The number of amides is 1. The molecule has 1 heterocycles. The molecular weight excluding hydrogens is 276 g/mol. The maximum Gasteiger partial charge on any atom is 0.327 e. The summed E-state index contributed by atoms with van der Waals surface area (Å²) in [5, 5.41) is 9.14. The first-order chi connectivity index (χ1) is 9.56. The van der Waals surface area contributed by atoms with Gasteiger partial charge in [-0.05, 0) is 12.0 Å². The summed E-state index contributed by atoms with van der Waals surface area (Å²) in [4.78, 5) is 25.3. The van der Waals surface area contributed by atoms with Crippen molar-refractivity contribution in [3.05, 3.63) is 35.9 Å². The SMILES string of the molecule is CCC1SCC(C(=O)O)N1C(=O)[C@@H](N)c1ccccc1. The van der Waals surface area contributed by atoms with Crippen LogP contribution in [0, 0.1) is 0 Å². The number of aliphatic carboxylic acids is 1. The zero-order chi connectivity index (χ0) is 14.7. The van der Waals surface area contributed by atoms with Gasteiger partial charge in [0.1, 0.15) is 12.1 Å². The van der Waals surface area contributed by atoms with Gasteiger partial charge in [-0.1, -0.05) is 37.3 Å². The van der Waals surface area contributed by atoms with Crippen LogP contribution >= 0.6 is 11.8 Å². The van der Waals surface area contributed by atoms with Crippen molar-refractivity contribution in [3.63, 3.8) is 0 Å². The number of carbonyl (C=O) groups is 2. The van der Waals surface area contributed by atoms with Crippen molar-refractivity contribution in [2.45, 2.75) is 30.8 Å². The third-order valence-electron chi connectivity index (χ3n) is 3.41. The fraction of sp³-hybridized carbons (Fsp3) is 0.429. The molecule has 0 aliphatic carbocycles. The van der Waals surface area contributed by atoms with Crippen LogP contribution in [-0.4, -0.2) is 39.1 Å². The van der Waals surface area contributed by atoms with Crippen molar-refractivity contribution in [2.24, 2.45) is 5.73 Å². The van der Waals surface area contributed by atoms with Crippen LogP contribution in [0.3, 0.4) is 0 Å². The molecule has 20 heavy (non-hydrogen) atoms. The van der Waals surface area contributed by atoms with E-state index in [9.17, 15) is 14.7 Å². The molecule has 108 valence electrons. The van der Waals surface area contributed by atoms with Gasteiger partial charge in [0.05, 0.1) is 5.37 Å². The average Bonchev–Trinajstić information content (AvgIpc) is 2.90. The van der Waals surface area contributed by atoms with Gasteiger partial charge in [-0.3, -0.25) is 4.79 Å². The number of benzene rings is 1. The van der Waals surface area contributed by atoms with Crippen LogP contribution in [0.15, 0.2) is 30.3 Å². The van der Waals surface area contributed by atoms with Gasteiger partial charge in [0.2, 0.25) is 5.91 Å². The number of nitrogens with zero attached hydrogens (tertiary/aromatic N) is 1. The first kappa shape index (κ1) is 14.9. The van der Waals surface area contributed by atoms with Crippen molar-refractivity contribution in [2.75, 3.05) is 5.75 Å². The minimum atomic E-state index is -0.970. The summed E-state index contributed by atoms with van der Waals surface area (Å²) in [5.74, 6) is -0.872. The Labute approximate surface area is 122 Å². The molecule has 1 aromatic rings. The van der Waals surface area contributed by atoms with E-state index in [0.29, 0.717) is 17.7 Å². The molecule has 0 aromatic heterocycles. The molecule has 0 spiro atoms. The Bertz CT molecular complexity index is 494. The number of carboxylic acid groups (broad SMARTS) is 1. The summed E-state index contributed by atoms with van der Waals surface area (Å²) in [6.45, 7) is 1.94. The van der Waals surface area contributed by atoms with Crippen LogP contribution in [0.25, 0.3) is 0 Å². The maximum absolute atomic E-state index is 12.6. The maximum atomic E-state index is 12.6. The van der Waals surface area contributed by atoms with Crippen LogP contribution in [0.5, 0.6) is 0 Å². The second-order valence-electron chi connectivity index (χ2n) is 4.68. The first-order valence-corrected chi connectivity index (χ1v) is 7.58. The second-order valence-corrected chi connectivity index (χ2v) is 5.89. The molecule has 1 aromatic carbocycles. The molecule has 1 amide bonds. The molecule has 1 aliphatic rings. The molecule has 0 saturated carbocycles. The van der Waals surface area contributed by atoms with Gasteiger partial charge in [-0.2, -0.15) is 0 Å². The van der Waals surface area contributed by atoms with E-state index in [-0.39, 0.29) is 11.3 Å². The number of hydrogen-bond acceptors (Lipinski definition) is 4. The standard InChI is InChI=1S/C14H18N2O3S/c1-2-11-16(10(8-20-11)14(18)19)13(17)12(15)9-6-4-3-5-7-9/h3-7,10-12H,2,8,15H2,1H3,(H,18,19)/t10?,11?,12-/m0/s1. The quantitative estimate of drug-likeness (QED) is 0.878. The fourth-order valence-electron chi connectivity index (χ4n) is 2.33. The van der Waals surface area contributed by atoms with Crippen LogP contribution in [0.2, 0.25) is 0 Å². The van der Waals surface area contributed by atoms with Crippen molar-refractivity contribution in [1.29, 1.82) is 0 Å². The van der Waals surface area contributed by atoms with E-state index >= 15 is 0 Å². The first-order valence-electron chi connectivity index (χ1n) is 6.53. The van der Waals surface area contributed by atoms with Gasteiger partial charge >= 0.3 is 5.97 Å². The summed E-state index contributed by atoms with van der Waals surface area (Å²) in [7, 11) is 0. The minimum Gasteiger partial charge on any atom is -0.480 e. The predicted octanol–water partition coefficient (Wildman–Crippen LogP) is 1.45. The molecule has 2 rings (SSSR count). The number of rotatable bonds is 4. The lowest BCUT2D eigenvalue weighted by Crippen LogP contribution is -2.49. The average molecular weight is 294 g/mol. The Morgan fingerprint density at radius 1 is 1.45 bits per heavy atom. The highest BCUT2D eigenvalue weighted by Gasteiger charge is 2.42. The third-order valence-corrected chi connectivity index (χ3v) is 4.86. The number of hydrogen-bond donors (Lipinski definition) is 2. The Hall–Kier alpha value is -1.53. The molecule has 0 bridgehead atoms. The molecular formula is C14H18N2O3S. The van der Waals surface area contributed by atoms with Crippen molar-refractivity contribution in [1.82, 2.24) is 4.90 Å². The summed E-state index contributed by atoms with van der Waals surface area (Å²) < 4.78 is 0. The Morgan fingerprint density at radius 3 is 2.65 bits per heavy atom. The number of thioether (sulfide) groups is 1. The van der Waals surface area contributed by atoms with Crippen molar-refractivity contribution in [3.8, 4) is 0 Å². The van der Waals surface area contributed by atoms with Crippen LogP contribution in [0.1, 0.15) is 24.9 Å². The van der Waals surface area contributed by atoms with Gasteiger partial charge in [-0.15, -0.1) is 11.8 Å². The molecule has 2 unspecified atom stereocenters. The molecule has 1 aliphatic heterocycles. The number of nitrogens with two attached hydrogens (primary N) is 1. The van der Waals surface area contributed by atoms with Gasteiger partial charge < -0.3 is 15.7 Å². The smallest absolute Gasteiger partial charge is 0.327 e. The molecule has 3 N–H and O–H groups in total. The minimum absolute atomic E-state index is 0.113. The van der Waals surface area contributed by atoms with E-state index in [0.717, 1.165) is 0 Å². The lowest BCUT2D eigenvalue weighted by molar-refractivity contribution is -0.149. The monoisotopic (exact) mass is 294 g/mol. The topological polar surface area (TPSA) is 83.6 Å². The molecule has 3 atom stereocenters. The summed E-state index contributed by atoms with van der Waals surface area (Å²) in [6.07, 6.45) is 0.710. The molecule has 5 nitrogen and oxygen atoms in total. The van der Waals surface area contributed by atoms with E-state index in [1.807, 2.05) is 25.1 Å². The van der Waals surface area contributed by atoms with E-state index in [1.165, 1.54) is 16.7 Å². The van der Waals surface area contributed by atoms with E-state index in [4.69, 9.17) is 5.73 Å². The summed E-state index contributed by atoms with van der Waals surface area (Å²) in [5.41, 5.74) is 6.71. The highest BCUT2D eigenvalue weighted by molar-refractivity contribution is 8.00. The van der Waals surface area contributed by atoms with Gasteiger partial charge in [-0.25, -0.2) is 4.79 Å². The van der Waals surface area contributed by atoms with E-state index in [2.05, 4.69) is 0 Å². The van der Waals surface area contributed by atoms with Crippen LogP contribution < -0.4 is 5.73 Å². The van der Waals surface area contributed by atoms with Gasteiger partial charge in [0.15, 0.2) is 0 Å². The highest BCUT2D eigenvalue weighted by Crippen LogP contribution is 2.33. The zero-order valence-electron chi connectivity index (χ0n) is 11.2. The number of carbonyl (C=O) groups excluding carboxylic acids is 1. The fourth-order valence-corrected chi connectivity index (χ4v) is 3.68. The van der Waals surface area contributed by atoms with E-state index < -0.39 is 18.1 Å². The predicted molar refractivity (Wildman–Crippen MR) is 78.2 cm³/mol. The lowest BCUT2D eigenvalue weighted by atomic mass is 10.1. The largest absolute Gasteiger partial charge is 0.480 e. The van der Waals surface area contributed by atoms with Crippen LogP contribution in [-0.2, 0) is 9.59 Å². The van der Waals surface area contributed by atoms with E-state index in [1.54, 1.807) is 12.1 Å². The summed E-state index contributed by atoms with van der Waals surface area (Å²) >= 11 is 1.50. The Balaban J connectivity index is 2.23. The zero-order valence-corrected chi connectivity index (χ0v) is 12.0. The molecule has 1 fully saturated rings.